The maximum Gasteiger partial charge on any atom is 0.251 e. The van der Waals surface area contributed by atoms with Crippen LogP contribution in [0.15, 0.2) is 90.2 Å². The fourth-order valence-electron chi connectivity index (χ4n) is 2.90. The third kappa shape index (κ3) is 3.87. The zero-order chi connectivity index (χ0) is 19.3. The second-order valence-electron chi connectivity index (χ2n) is 6.16. The van der Waals surface area contributed by atoms with Gasteiger partial charge in [0.05, 0.1) is 18.5 Å². The Labute approximate surface area is 167 Å². The van der Waals surface area contributed by atoms with E-state index in [1.54, 1.807) is 13.2 Å². The standard InChI is InChI=1S/C22H19N3O2S/c1-27-20-12-10-17(11-13-20)22-18(16-28-21-9-5-6-14-25(21)26)15-24(23-22)19-7-3-2-4-8-19/h2-15H,16H2,1H3. The summed E-state index contributed by atoms with van der Waals surface area (Å²) in [5, 5.41) is 17.4. The molecule has 4 rings (SSSR count). The first-order chi connectivity index (χ1) is 13.7. The Morgan fingerprint density at radius 2 is 1.75 bits per heavy atom. The van der Waals surface area contributed by atoms with Gasteiger partial charge in [0.1, 0.15) is 5.75 Å². The highest BCUT2D eigenvalue weighted by Gasteiger charge is 2.15. The summed E-state index contributed by atoms with van der Waals surface area (Å²) < 4.78 is 8.03. The monoisotopic (exact) mass is 389 g/mol. The van der Waals surface area contributed by atoms with Crippen molar-refractivity contribution in [2.24, 2.45) is 0 Å². The van der Waals surface area contributed by atoms with Gasteiger partial charge in [-0.2, -0.15) is 9.83 Å². The SMILES string of the molecule is COc1ccc(-c2nn(-c3ccccc3)cc2CSc2cccc[n+]2[O-])cc1. The molecule has 2 aromatic carbocycles. The number of nitrogens with zero attached hydrogens (tertiary/aromatic N) is 3. The van der Waals surface area contributed by atoms with Crippen LogP contribution in [0.4, 0.5) is 0 Å². The Hall–Kier alpha value is -3.25. The average Bonchev–Trinajstić information content (AvgIpc) is 3.18. The number of methoxy groups -OCH3 is 1. The third-order valence-electron chi connectivity index (χ3n) is 4.34. The first kappa shape index (κ1) is 18.1. The van der Waals surface area contributed by atoms with E-state index in [1.807, 2.05) is 77.6 Å². The molecule has 0 aliphatic rings. The molecule has 2 aromatic heterocycles. The van der Waals surface area contributed by atoms with Crippen molar-refractivity contribution in [3.63, 3.8) is 0 Å². The highest BCUT2D eigenvalue weighted by molar-refractivity contribution is 7.98. The molecule has 0 amide bonds. The third-order valence-corrected chi connectivity index (χ3v) is 5.41. The van der Waals surface area contributed by atoms with Crippen LogP contribution in [0.3, 0.4) is 0 Å². The topological polar surface area (TPSA) is 54.0 Å². The first-order valence-electron chi connectivity index (χ1n) is 8.84. The molecule has 0 radical (unpaired) electrons. The van der Waals surface area contributed by atoms with E-state index < -0.39 is 0 Å². The van der Waals surface area contributed by atoms with Crippen LogP contribution in [0, 0.1) is 5.21 Å². The molecule has 0 fully saturated rings. The van der Waals surface area contributed by atoms with Gasteiger partial charge in [-0.25, -0.2) is 4.68 Å². The van der Waals surface area contributed by atoms with E-state index in [0.717, 1.165) is 33.0 Å². The van der Waals surface area contributed by atoms with Gasteiger partial charge in [-0.15, -0.1) is 0 Å². The van der Waals surface area contributed by atoms with Gasteiger partial charge in [0.15, 0.2) is 6.20 Å². The van der Waals surface area contributed by atoms with Gasteiger partial charge >= 0.3 is 0 Å². The van der Waals surface area contributed by atoms with E-state index >= 15 is 0 Å². The van der Waals surface area contributed by atoms with E-state index in [2.05, 4.69) is 0 Å². The van der Waals surface area contributed by atoms with E-state index in [1.165, 1.54) is 18.0 Å². The summed E-state index contributed by atoms with van der Waals surface area (Å²) in [4.78, 5) is 0. The molecule has 0 bridgehead atoms. The number of benzene rings is 2. The number of rotatable bonds is 6. The normalized spacial score (nSPS) is 10.8. The lowest BCUT2D eigenvalue weighted by molar-refractivity contribution is -0.645. The smallest absolute Gasteiger partial charge is 0.251 e. The zero-order valence-electron chi connectivity index (χ0n) is 15.4. The second-order valence-corrected chi connectivity index (χ2v) is 7.16. The van der Waals surface area contributed by atoms with Crippen LogP contribution in [0.2, 0.25) is 0 Å². The molecule has 0 atom stereocenters. The van der Waals surface area contributed by atoms with Crippen LogP contribution >= 0.6 is 11.8 Å². The fraction of sp³-hybridized carbons (Fsp3) is 0.0909. The van der Waals surface area contributed by atoms with Crippen molar-refractivity contribution in [1.82, 2.24) is 9.78 Å². The lowest BCUT2D eigenvalue weighted by Crippen LogP contribution is -2.27. The van der Waals surface area contributed by atoms with E-state index in [0.29, 0.717) is 10.8 Å². The van der Waals surface area contributed by atoms with Gasteiger partial charge < -0.3 is 9.94 Å². The number of ether oxygens (including phenoxy) is 1. The molecule has 0 N–H and O–H groups in total. The highest BCUT2D eigenvalue weighted by atomic mass is 32.2. The molecule has 0 aliphatic carbocycles. The minimum Gasteiger partial charge on any atom is -0.618 e. The van der Waals surface area contributed by atoms with Gasteiger partial charge in [-0.3, -0.25) is 0 Å². The van der Waals surface area contributed by atoms with Crippen molar-refractivity contribution >= 4 is 11.8 Å². The molecular formula is C22H19N3O2S. The molecule has 0 aliphatic heterocycles. The molecule has 0 spiro atoms. The molecule has 4 aromatic rings. The van der Waals surface area contributed by atoms with E-state index in [4.69, 9.17) is 9.84 Å². The number of para-hydroxylation sites is 1. The van der Waals surface area contributed by atoms with Gasteiger partial charge in [-0.05, 0) is 42.5 Å². The van der Waals surface area contributed by atoms with Gasteiger partial charge in [0.25, 0.3) is 5.03 Å². The molecule has 6 heteroatoms. The zero-order valence-corrected chi connectivity index (χ0v) is 16.2. The fourth-order valence-corrected chi connectivity index (χ4v) is 3.77. The predicted octanol–water partition coefficient (Wildman–Crippen LogP) is 4.47. The number of pyridine rings is 1. The Morgan fingerprint density at radius 1 is 1.00 bits per heavy atom. The van der Waals surface area contributed by atoms with Crippen LogP contribution in [0.1, 0.15) is 5.56 Å². The van der Waals surface area contributed by atoms with Crippen molar-refractivity contribution in [2.45, 2.75) is 10.8 Å². The highest BCUT2D eigenvalue weighted by Crippen LogP contribution is 2.30. The summed E-state index contributed by atoms with van der Waals surface area (Å²) in [6.45, 7) is 0. The minimum absolute atomic E-state index is 0.639. The lowest BCUT2D eigenvalue weighted by atomic mass is 10.1. The molecule has 140 valence electrons. The molecule has 2 heterocycles. The van der Waals surface area contributed by atoms with Gasteiger partial charge in [-0.1, -0.05) is 30.0 Å². The lowest BCUT2D eigenvalue weighted by Gasteiger charge is -2.05. The molecule has 0 unspecified atom stereocenters. The molecule has 0 saturated heterocycles. The largest absolute Gasteiger partial charge is 0.618 e. The predicted molar refractivity (Wildman–Crippen MR) is 111 cm³/mol. The first-order valence-corrected chi connectivity index (χ1v) is 9.82. The van der Waals surface area contributed by atoms with Crippen molar-refractivity contribution in [2.75, 3.05) is 7.11 Å². The summed E-state index contributed by atoms with van der Waals surface area (Å²) >= 11 is 1.50. The molecule has 0 saturated carbocycles. The van der Waals surface area contributed by atoms with Crippen molar-refractivity contribution in [3.8, 4) is 22.7 Å². The summed E-state index contributed by atoms with van der Waals surface area (Å²) in [5.41, 5.74) is 3.96. The van der Waals surface area contributed by atoms with E-state index in [-0.39, 0.29) is 0 Å². The summed E-state index contributed by atoms with van der Waals surface area (Å²) in [6.07, 6.45) is 3.54. The average molecular weight is 389 g/mol. The summed E-state index contributed by atoms with van der Waals surface area (Å²) in [5.74, 6) is 1.44. The Kier molecular flexibility index (Phi) is 5.30. The number of thioether (sulfide) groups is 1. The Balaban J connectivity index is 1.70. The second kappa shape index (κ2) is 8.19. The quantitative estimate of drug-likeness (QED) is 0.277. The summed E-state index contributed by atoms with van der Waals surface area (Å²) in [6, 6.07) is 23.3. The number of aromatic nitrogens is 3. The van der Waals surface area contributed by atoms with E-state index in [9.17, 15) is 5.21 Å². The minimum atomic E-state index is 0.639. The Morgan fingerprint density at radius 3 is 2.46 bits per heavy atom. The van der Waals surface area contributed by atoms with Crippen LogP contribution < -0.4 is 9.47 Å². The van der Waals surface area contributed by atoms with Gasteiger partial charge in [0, 0.05) is 35.2 Å². The Bertz CT molecular complexity index is 1060. The van der Waals surface area contributed by atoms with Crippen molar-refractivity contribution in [1.29, 1.82) is 0 Å². The van der Waals surface area contributed by atoms with Gasteiger partial charge in [0.2, 0.25) is 0 Å². The maximum absolute atomic E-state index is 12.0. The molecule has 5 nitrogen and oxygen atoms in total. The van der Waals surface area contributed by atoms with Crippen molar-refractivity contribution in [3.05, 3.63) is 96.0 Å². The van der Waals surface area contributed by atoms with Crippen LogP contribution in [0.5, 0.6) is 5.75 Å². The molecular weight excluding hydrogens is 370 g/mol. The number of hydrogen-bond donors (Lipinski definition) is 0. The maximum atomic E-state index is 12.0. The van der Waals surface area contributed by atoms with Crippen LogP contribution in [0.25, 0.3) is 16.9 Å². The molecule has 28 heavy (non-hydrogen) atoms. The number of hydrogen-bond acceptors (Lipinski definition) is 4. The van der Waals surface area contributed by atoms with Crippen LogP contribution in [-0.2, 0) is 5.75 Å². The summed E-state index contributed by atoms with van der Waals surface area (Å²) in [7, 11) is 1.65. The van der Waals surface area contributed by atoms with Crippen molar-refractivity contribution < 1.29 is 9.47 Å². The van der Waals surface area contributed by atoms with Crippen LogP contribution in [-0.4, -0.2) is 16.9 Å².